The molecule has 2 heterocycles. The second-order valence-electron chi connectivity index (χ2n) is 5.83. The third-order valence-corrected chi connectivity index (χ3v) is 5.03. The van der Waals surface area contributed by atoms with Crippen molar-refractivity contribution in [3.63, 3.8) is 0 Å². The van der Waals surface area contributed by atoms with E-state index in [0.29, 0.717) is 5.92 Å². The number of benzene rings is 1. The van der Waals surface area contributed by atoms with Gasteiger partial charge in [-0.1, -0.05) is 18.2 Å². The van der Waals surface area contributed by atoms with Crippen molar-refractivity contribution in [3.05, 3.63) is 52.2 Å². The summed E-state index contributed by atoms with van der Waals surface area (Å²) in [5.74, 6) is 0.260. The number of likely N-dealkylation sites (tertiary alicyclic amines) is 1. The number of thiazole rings is 1. The lowest BCUT2D eigenvalue weighted by Crippen LogP contribution is -2.45. The summed E-state index contributed by atoms with van der Waals surface area (Å²) in [6.07, 6.45) is 1.92. The molecular formula is C17H21FN2OS. The maximum absolute atomic E-state index is 13.8. The van der Waals surface area contributed by atoms with Crippen molar-refractivity contribution in [2.45, 2.75) is 25.5 Å². The van der Waals surface area contributed by atoms with E-state index in [-0.39, 0.29) is 11.9 Å². The normalized spacial score (nSPS) is 22.8. The number of nitrogens with zero attached hydrogens (tertiary/aromatic N) is 2. The molecule has 3 nitrogen and oxygen atoms in total. The van der Waals surface area contributed by atoms with Crippen LogP contribution in [-0.2, 0) is 17.7 Å². The molecule has 1 aliphatic rings. The molecule has 0 saturated carbocycles. The van der Waals surface area contributed by atoms with Crippen LogP contribution in [0.1, 0.15) is 17.7 Å². The van der Waals surface area contributed by atoms with Gasteiger partial charge < -0.3 is 4.74 Å². The molecule has 0 spiro atoms. The zero-order valence-electron chi connectivity index (χ0n) is 12.7. The topological polar surface area (TPSA) is 25.4 Å². The van der Waals surface area contributed by atoms with Crippen LogP contribution in [0, 0.1) is 11.7 Å². The van der Waals surface area contributed by atoms with Crippen LogP contribution in [0.3, 0.4) is 0 Å². The molecule has 1 aliphatic heterocycles. The van der Waals surface area contributed by atoms with Gasteiger partial charge in [-0.15, -0.1) is 11.3 Å². The number of hydrogen-bond donors (Lipinski definition) is 0. The molecule has 5 heteroatoms. The summed E-state index contributed by atoms with van der Waals surface area (Å²) < 4.78 is 19.5. The Hall–Kier alpha value is -1.30. The Kier molecular flexibility index (Phi) is 5.18. The van der Waals surface area contributed by atoms with Crippen LogP contribution < -0.4 is 0 Å². The second kappa shape index (κ2) is 7.31. The molecule has 0 N–H and O–H groups in total. The molecule has 0 amide bonds. The number of ether oxygens (including phenoxy) is 1. The standard InChI is InChI=1S/C17H21FN2OS/c1-21-17-10-20(9-15-11-22-12-19-15)7-6-14(17)8-13-4-2-3-5-16(13)18/h2-5,11-12,14,17H,6-10H2,1H3/t14-,17-/m1/s1. The highest BCUT2D eigenvalue weighted by Crippen LogP contribution is 2.26. The van der Waals surface area contributed by atoms with Gasteiger partial charge in [0, 0.05) is 25.6 Å². The summed E-state index contributed by atoms with van der Waals surface area (Å²) in [7, 11) is 1.76. The highest BCUT2D eigenvalue weighted by molar-refractivity contribution is 7.07. The van der Waals surface area contributed by atoms with Crippen molar-refractivity contribution in [1.29, 1.82) is 0 Å². The minimum Gasteiger partial charge on any atom is -0.380 e. The fourth-order valence-corrected chi connectivity index (χ4v) is 3.71. The molecule has 2 atom stereocenters. The highest BCUT2D eigenvalue weighted by Gasteiger charge is 2.30. The first-order valence-electron chi connectivity index (χ1n) is 7.62. The summed E-state index contributed by atoms with van der Waals surface area (Å²) in [5.41, 5.74) is 3.78. The zero-order chi connectivity index (χ0) is 15.4. The number of halogens is 1. The second-order valence-corrected chi connectivity index (χ2v) is 6.55. The largest absolute Gasteiger partial charge is 0.380 e. The average molecular weight is 320 g/mol. The molecule has 0 aliphatic carbocycles. The molecule has 2 aromatic rings. The first-order valence-corrected chi connectivity index (χ1v) is 8.56. The van der Waals surface area contributed by atoms with Crippen LogP contribution in [-0.4, -0.2) is 36.2 Å². The van der Waals surface area contributed by atoms with Crippen LogP contribution in [0.5, 0.6) is 0 Å². The van der Waals surface area contributed by atoms with E-state index in [2.05, 4.69) is 15.3 Å². The van der Waals surface area contributed by atoms with Gasteiger partial charge in [-0.2, -0.15) is 0 Å². The Bertz CT molecular complexity index is 590. The van der Waals surface area contributed by atoms with Crippen molar-refractivity contribution >= 4 is 11.3 Å². The van der Waals surface area contributed by atoms with Gasteiger partial charge in [-0.3, -0.25) is 4.90 Å². The van der Waals surface area contributed by atoms with Crippen LogP contribution in [0.2, 0.25) is 0 Å². The van der Waals surface area contributed by atoms with Gasteiger partial charge in [0.05, 0.1) is 17.3 Å². The predicted octanol–water partition coefficient (Wildman–Crippen LogP) is 3.36. The molecule has 1 aromatic carbocycles. The SMILES string of the molecule is CO[C@@H]1CN(Cc2cscn2)CC[C@@H]1Cc1ccccc1F. The number of hydrogen-bond acceptors (Lipinski definition) is 4. The van der Waals surface area contributed by atoms with Gasteiger partial charge in [0.15, 0.2) is 0 Å². The molecule has 1 aromatic heterocycles. The smallest absolute Gasteiger partial charge is 0.126 e. The Labute approximate surface area is 134 Å². The zero-order valence-corrected chi connectivity index (χ0v) is 13.6. The fraction of sp³-hybridized carbons (Fsp3) is 0.471. The molecular weight excluding hydrogens is 299 g/mol. The molecule has 0 radical (unpaired) electrons. The molecule has 0 bridgehead atoms. The molecule has 1 saturated heterocycles. The Morgan fingerprint density at radius 2 is 2.27 bits per heavy atom. The van der Waals surface area contributed by atoms with Crippen molar-refractivity contribution in [2.24, 2.45) is 5.92 Å². The van der Waals surface area contributed by atoms with Gasteiger partial charge in [-0.05, 0) is 36.9 Å². The van der Waals surface area contributed by atoms with E-state index in [1.165, 1.54) is 6.07 Å². The first kappa shape index (κ1) is 15.6. The number of rotatable bonds is 5. The maximum atomic E-state index is 13.8. The number of methoxy groups -OCH3 is 1. The molecule has 0 unspecified atom stereocenters. The van der Waals surface area contributed by atoms with E-state index < -0.39 is 0 Å². The summed E-state index contributed by atoms with van der Waals surface area (Å²) in [6.45, 7) is 2.76. The number of piperidine rings is 1. The molecule has 3 rings (SSSR count). The van der Waals surface area contributed by atoms with E-state index >= 15 is 0 Å². The van der Waals surface area contributed by atoms with Crippen molar-refractivity contribution < 1.29 is 9.13 Å². The van der Waals surface area contributed by atoms with Crippen molar-refractivity contribution in [1.82, 2.24) is 9.88 Å². The minimum atomic E-state index is -0.109. The van der Waals surface area contributed by atoms with Gasteiger partial charge in [0.2, 0.25) is 0 Å². The van der Waals surface area contributed by atoms with Crippen LogP contribution in [0.15, 0.2) is 35.2 Å². The van der Waals surface area contributed by atoms with Crippen molar-refractivity contribution in [3.8, 4) is 0 Å². The summed E-state index contributed by atoms with van der Waals surface area (Å²) in [5, 5.41) is 2.09. The van der Waals surface area contributed by atoms with Crippen LogP contribution >= 0.6 is 11.3 Å². The van der Waals surface area contributed by atoms with Gasteiger partial charge in [-0.25, -0.2) is 9.37 Å². The predicted molar refractivity (Wildman–Crippen MR) is 86.4 cm³/mol. The maximum Gasteiger partial charge on any atom is 0.126 e. The van der Waals surface area contributed by atoms with Crippen LogP contribution in [0.25, 0.3) is 0 Å². The highest BCUT2D eigenvalue weighted by atomic mass is 32.1. The molecule has 1 fully saturated rings. The lowest BCUT2D eigenvalue weighted by atomic mass is 9.87. The summed E-state index contributed by atoms with van der Waals surface area (Å²) in [4.78, 5) is 6.72. The van der Waals surface area contributed by atoms with E-state index in [1.54, 1.807) is 24.5 Å². The minimum absolute atomic E-state index is 0.109. The quantitative estimate of drug-likeness (QED) is 0.845. The Morgan fingerprint density at radius 3 is 3.00 bits per heavy atom. The number of aromatic nitrogens is 1. The Balaban J connectivity index is 1.61. The third-order valence-electron chi connectivity index (χ3n) is 4.39. The lowest BCUT2D eigenvalue weighted by molar-refractivity contribution is -0.0141. The average Bonchev–Trinajstić information content (AvgIpc) is 3.04. The summed E-state index contributed by atoms with van der Waals surface area (Å²) >= 11 is 1.63. The molecule has 118 valence electrons. The first-order chi connectivity index (χ1) is 10.8. The van der Waals surface area contributed by atoms with Crippen molar-refractivity contribution in [2.75, 3.05) is 20.2 Å². The van der Waals surface area contributed by atoms with Gasteiger partial charge >= 0.3 is 0 Å². The molecule has 22 heavy (non-hydrogen) atoms. The van der Waals surface area contributed by atoms with E-state index in [4.69, 9.17) is 4.74 Å². The summed E-state index contributed by atoms with van der Waals surface area (Å²) in [6, 6.07) is 7.05. The lowest BCUT2D eigenvalue weighted by Gasteiger charge is -2.37. The van der Waals surface area contributed by atoms with Gasteiger partial charge in [0.1, 0.15) is 5.82 Å². The fourth-order valence-electron chi connectivity index (χ4n) is 3.16. The van der Waals surface area contributed by atoms with Gasteiger partial charge in [0.25, 0.3) is 0 Å². The third kappa shape index (κ3) is 3.72. The Morgan fingerprint density at radius 1 is 1.41 bits per heavy atom. The monoisotopic (exact) mass is 320 g/mol. The van der Waals surface area contributed by atoms with E-state index in [1.807, 2.05) is 17.6 Å². The van der Waals surface area contributed by atoms with E-state index in [0.717, 1.165) is 43.7 Å². The van der Waals surface area contributed by atoms with Crippen LogP contribution in [0.4, 0.5) is 4.39 Å². The van der Waals surface area contributed by atoms with E-state index in [9.17, 15) is 4.39 Å².